The summed E-state index contributed by atoms with van der Waals surface area (Å²) in [6.07, 6.45) is 2.51. The highest BCUT2D eigenvalue weighted by Crippen LogP contribution is 2.25. The summed E-state index contributed by atoms with van der Waals surface area (Å²) >= 11 is 0. The molecule has 138 valence electrons. The van der Waals surface area contributed by atoms with Crippen molar-refractivity contribution < 1.29 is 9.13 Å². The standard InChI is InChI=1S/C21H26FN3O/c1-2-23-21(25-13-10-17-5-3-4-6-19(17)22)24-12-9-16-7-8-20-18(15-16)11-14-26-20/h3-8,15H,2,9-14H2,1H3,(H2,23,24,25). The van der Waals surface area contributed by atoms with Crippen molar-refractivity contribution in [3.63, 3.8) is 0 Å². The highest BCUT2D eigenvalue weighted by molar-refractivity contribution is 5.79. The lowest BCUT2D eigenvalue weighted by Gasteiger charge is -2.12. The zero-order valence-corrected chi connectivity index (χ0v) is 15.2. The Bertz CT molecular complexity index is 761. The van der Waals surface area contributed by atoms with E-state index in [0.29, 0.717) is 18.5 Å². The quantitative estimate of drug-likeness (QED) is 0.593. The minimum absolute atomic E-state index is 0.166. The third kappa shape index (κ3) is 4.97. The van der Waals surface area contributed by atoms with E-state index in [9.17, 15) is 4.39 Å². The molecule has 0 fully saturated rings. The molecule has 0 saturated carbocycles. The fourth-order valence-corrected chi connectivity index (χ4v) is 3.05. The first kappa shape index (κ1) is 18.2. The minimum Gasteiger partial charge on any atom is -0.493 e. The van der Waals surface area contributed by atoms with Crippen LogP contribution in [-0.4, -0.2) is 32.2 Å². The van der Waals surface area contributed by atoms with Gasteiger partial charge in [0.1, 0.15) is 11.6 Å². The molecule has 2 aromatic rings. The Hall–Kier alpha value is -2.56. The molecule has 0 unspecified atom stereocenters. The molecular weight excluding hydrogens is 329 g/mol. The number of hydrogen-bond donors (Lipinski definition) is 2. The van der Waals surface area contributed by atoms with Gasteiger partial charge in [0.05, 0.1) is 6.61 Å². The van der Waals surface area contributed by atoms with Gasteiger partial charge in [-0.1, -0.05) is 30.3 Å². The normalized spacial score (nSPS) is 13.2. The Morgan fingerprint density at radius 3 is 2.88 bits per heavy atom. The van der Waals surface area contributed by atoms with Gasteiger partial charge in [-0.25, -0.2) is 4.39 Å². The number of fused-ring (bicyclic) bond motifs is 1. The van der Waals surface area contributed by atoms with Crippen molar-refractivity contribution in [2.24, 2.45) is 4.99 Å². The van der Waals surface area contributed by atoms with Gasteiger partial charge in [0.15, 0.2) is 5.96 Å². The van der Waals surface area contributed by atoms with Crippen molar-refractivity contribution in [3.8, 4) is 5.75 Å². The summed E-state index contributed by atoms with van der Waals surface area (Å²) in [6, 6.07) is 13.3. The van der Waals surface area contributed by atoms with E-state index in [1.807, 2.05) is 19.1 Å². The Kier molecular flexibility index (Phi) is 6.47. The largest absolute Gasteiger partial charge is 0.493 e. The van der Waals surface area contributed by atoms with Crippen LogP contribution in [0.15, 0.2) is 47.5 Å². The summed E-state index contributed by atoms with van der Waals surface area (Å²) < 4.78 is 19.2. The Balaban J connectivity index is 1.49. The minimum atomic E-state index is -0.166. The summed E-state index contributed by atoms with van der Waals surface area (Å²) in [6.45, 7) is 4.96. The van der Waals surface area contributed by atoms with Crippen molar-refractivity contribution >= 4 is 5.96 Å². The van der Waals surface area contributed by atoms with Crippen molar-refractivity contribution in [3.05, 3.63) is 65.0 Å². The van der Waals surface area contributed by atoms with Crippen LogP contribution >= 0.6 is 0 Å². The summed E-state index contributed by atoms with van der Waals surface area (Å²) in [4.78, 5) is 4.55. The van der Waals surface area contributed by atoms with Gasteiger partial charge in [0, 0.05) is 26.1 Å². The van der Waals surface area contributed by atoms with Crippen LogP contribution in [0.3, 0.4) is 0 Å². The van der Waals surface area contributed by atoms with Gasteiger partial charge >= 0.3 is 0 Å². The molecule has 0 saturated heterocycles. The monoisotopic (exact) mass is 355 g/mol. The van der Waals surface area contributed by atoms with E-state index in [4.69, 9.17) is 4.74 Å². The third-order valence-electron chi connectivity index (χ3n) is 4.41. The molecule has 5 heteroatoms. The lowest BCUT2D eigenvalue weighted by atomic mass is 10.1. The number of aliphatic imine (C=N–C) groups is 1. The number of nitrogens with zero attached hydrogens (tertiary/aromatic N) is 1. The molecule has 4 nitrogen and oxygen atoms in total. The van der Waals surface area contributed by atoms with Gasteiger partial charge in [-0.05, 0) is 48.6 Å². The van der Waals surface area contributed by atoms with Crippen molar-refractivity contribution in [1.82, 2.24) is 10.6 Å². The molecule has 2 N–H and O–H groups in total. The van der Waals surface area contributed by atoms with Crippen LogP contribution in [0.5, 0.6) is 5.75 Å². The number of rotatable bonds is 7. The van der Waals surface area contributed by atoms with Gasteiger partial charge in [0.2, 0.25) is 0 Å². The SMILES string of the molecule is CCNC(=NCCc1ccccc1F)NCCc1ccc2c(c1)CCO2. The first-order chi connectivity index (χ1) is 12.8. The van der Waals surface area contributed by atoms with Crippen LogP contribution in [0.4, 0.5) is 4.39 Å². The molecule has 0 radical (unpaired) electrons. The summed E-state index contributed by atoms with van der Waals surface area (Å²) in [7, 11) is 0. The second-order valence-electron chi connectivity index (χ2n) is 6.32. The second kappa shape index (κ2) is 9.22. The predicted octanol–water partition coefficient (Wildman–Crippen LogP) is 3.10. The first-order valence-electron chi connectivity index (χ1n) is 9.26. The van der Waals surface area contributed by atoms with Gasteiger partial charge in [0.25, 0.3) is 0 Å². The van der Waals surface area contributed by atoms with Crippen LogP contribution in [0.2, 0.25) is 0 Å². The number of halogens is 1. The average molecular weight is 355 g/mol. The number of guanidine groups is 1. The maximum absolute atomic E-state index is 13.7. The van der Waals surface area contributed by atoms with Crippen molar-refractivity contribution in [2.45, 2.75) is 26.2 Å². The Labute approximate surface area is 154 Å². The third-order valence-corrected chi connectivity index (χ3v) is 4.41. The molecule has 0 aromatic heterocycles. The fraction of sp³-hybridized carbons (Fsp3) is 0.381. The summed E-state index contributed by atoms with van der Waals surface area (Å²) in [5.41, 5.74) is 3.30. The molecule has 0 spiro atoms. The molecule has 26 heavy (non-hydrogen) atoms. The molecule has 0 amide bonds. The van der Waals surface area contributed by atoms with E-state index >= 15 is 0 Å². The highest BCUT2D eigenvalue weighted by Gasteiger charge is 2.11. The molecule has 0 aliphatic carbocycles. The van der Waals surface area contributed by atoms with E-state index in [1.54, 1.807) is 6.07 Å². The highest BCUT2D eigenvalue weighted by atomic mass is 19.1. The van der Waals surface area contributed by atoms with Gasteiger partial charge in [-0.2, -0.15) is 0 Å². The van der Waals surface area contributed by atoms with Crippen LogP contribution < -0.4 is 15.4 Å². The predicted molar refractivity (Wildman–Crippen MR) is 103 cm³/mol. The lowest BCUT2D eigenvalue weighted by molar-refractivity contribution is 0.357. The molecule has 0 bridgehead atoms. The molecule has 0 atom stereocenters. The topological polar surface area (TPSA) is 45.7 Å². The lowest BCUT2D eigenvalue weighted by Crippen LogP contribution is -2.38. The first-order valence-corrected chi connectivity index (χ1v) is 9.26. The number of benzene rings is 2. The van der Waals surface area contributed by atoms with E-state index in [0.717, 1.165) is 44.2 Å². The molecule has 1 heterocycles. The van der Waals surface area contributed by atoms with E-state index < -0.39 is 0 Å². The molecule has 1 aliphatic heterocycles. The van der Waals surface area contributed by atoms with E-state index in [1.165, 1.54) is 17.2 Å². The molecule has 1 aliphatic rings. The van der Waals surface area contributed by atoms with Crippen LogP contribution in [0.25, 0.3) is 0 Å². The van der Waals surface area contributed by atoms with Crippen molar-refractivity contribution in [2.75, 3.05) is 26.2 Å². The van der Waals surface area contributed by atoms with Crippen LogP contribution in [0.1, 0.15) is 23.6 Å². The average Bonchev–Trinajstić information content (AvgIpc) is 3.11. The molecule has 2 aromatic carbocycles. The zero-order valence-electron chi connectivity index (χ0n) is 15.2. The van der Waals surface area contributed by atoms with Gasteiger partial charge < -0.3 is 15.4 Å². The van der Waals surface area contributed by atoms with E-state index in [2.05, 4.69) is 33.8 Å². The zero-order chi connectivity index (χ0) is 18.2. The smallest absolute Gasteiger partial charge is 0.191 e. The van der Waals surface area contributed by atoms with E-state index in [-0.39, 0.29) is 5.82 Å². The maximum atomic E-state index is 13.7. The van der Waals surface area contributed by atoms with Gasteiger partial charge in [-0.15, -0.1) is 0 Å². The fourth-order valence-electron chi connectivity index (χ4n) is 3.05. The molecular formula is C21H26FN3O. The van der Waals surface area contributed by atoms with Crippen molar-refractivity contribution in [1.29, 1.82) is 0 Å². The van der Waals surface area contributed by atoms with Crippen LogP contribution in [-0.2, 0) is 19.3 Å². The number of nitrogens with one attached hydrogen (secondary N) is 2. The number of ether oxygens (including phenoxy) is 1. The van der Waals surface area contributed by atoms with Gasteiger partial charge in [-0.3, -0.25) is 4.99 Å². The maximum Gasteiger partial charge on any atom is 0.191 e. The second-order valence-corrected chi connectivity index (χ2v) is 6.32. The summed E-state index contributed by atoms with van der Waals surface area (Å²) in [5.74, 6) is 1.62. The van der Waals surface area contributed by atoms with Crippen LogP contribution in [0, 0.1) is 5.82 Å². The Morgan fingerprint density at radius 2 is 2.04 bits per heavy atom. The molecule has 3 rings (SSSR count). The summed E-state index contributed by atoms with van der Waals surface area (Å²) in [5, 5.41) is 6.59. The number of hydrogen-bond acceptors (Lipinski definition) is 2. The Morgan fingerprint density at radius 1 is 1.15 bits per heavy atom.